The predicted molar refractivity (Wildman–Crippen MR) is 122 cm³/mol. The molecule has 1 fully saturated rings. The molecule has 6 heteroatoms. The van der Waals surface area contributed by atoms with E-state index in [4.69, 9.17) is 9.84 Å². The SMILES string of the molecule is COc1cccc(-c2nn(Cc3ccccc3)cc2C(=O)NCC(C)N(C)C2CC2)c1. The molecule has 31 heavy (non-hydrogen) atoms. The lowest BCUT2D eigenvalue weighted by atomic mass is 10.1. The van der Waals surface area contributed by atoms with Gasteiger partial charge in [0.15, 0.2) is 0 Å². The minimum atomic E-state index is -0.104. The summed E-state index contributed by atoms with van der Waals surface area (Å²) < 4.78 is 7.20. The highest BCUT2D eigenvalue weighted by Gasteiger charge is 2.29. The maximum Gasteiger partial charge on any atom is 0.255 e. The van der Waals surface area contributed by atoms with Gasteiger partial charge >= 0.3 is 0 Å². The number of likely N-dealkylation sites (N-methyl/N-ethyl adjacent to an activating group) is 1. The topological polar surface area (TPSA) is 59.4 Å². The maximum absolute atomic E-state index is 13.2. The van der Waals surface area contributed by atoms with Crippen molar-refractivity contribution in [2.24, 2.45) is 0 Å². The normalized spacial score (nSPS) is 14.5. The fourth-order valence-electron chi connectivity index (χ4n) is 3.74. The van der Waals surface area contributed by atoms with Gasteiger partial charge in [0.25, 0.3) is 5.91 Å². The molecule has 1 amide bonds. The summed E-state index contributed by atoms with van der Waals surface area (Å²) in [6.45, 7) is 3.36. The van der Waals surface area contributed by atoms with Gasteiger partial charge in [-0.2, -0.15) is 5.10 Å². The number of rotatable bonds is 9. The molecule has 1 atom stereocenters. The van der Waals surface area contributed by atoms with Crippen LogP contribution in [0.15, 0.2) is 60.8 Å². The molecule has 4 rings (SSSR count). The first kappa shape index (κ1) is 21.1. The number of carbonyl (C=O) groups is 1. The fraction of sp³-hybridized carbons (Fsp3) is 0.360. The summed E-state index contributed by atoms with van der Waals surface area (Å²) >= 11 is 0. The number of hydrogen-bond donors (Lipinski definition) is 1. The Morgan fingerprint density at radius 1 is 1.23 bits per heavy atom. The van der Waals surface area contributed by atoms with Crippen LogP contribution in [0.3, 0.4) is 0 Å². The fourth-order valence-corrected chi connectivity index (χ4v) is 3.74. The van der Waals surface area contributed by atoms with Gasteiger partial charge in [0.2, 0.25) is 0 Å². The van der Waals surface area contributed by atoms with Crippen LogP contribution in [0.25, 0.3) is 11.3 Å². The van der Waals surface area contributed by atoms with E-state index >= 15 is 0 Å². The van der Waals surface area contributed by atoms with Gasteiger partial charge < -0.3 is 10.1 Å². The van der Waals surface area contributed by atoms with Crippen molar-refractivity contribution < 1.29 is 9.53 Å². The van der Waals surface area contributed by atoms with E-state index in [2.05, 4.69) is 36.3 Å². The molecule has 0 spiro atoms. The van der Waals surface area contributed by atoms with Crippen LogP contribution in [-0.4, -0.2) is 53.4 Å². The number of nitrogens with zero attached hydrogens (tertiary/aromatic N) is 3. The highest BCUT2D eigenvalue weighted by molar-refractivity contribution is 5.99. The Labute approximate surface area is 183 Å². The summed E-state index contributed by atoms with van der Waals surface area (Å²) in [5.41, 5.74) is 3.23. The van der Waals surface area contributed by atoms with Gasteiger partial charge in [0.05, 0.1) is 19.2 Å². The van der Waals surface area contributed by atoms with E-state index in [1.807, 2.05) is 53.3 Å². The molecule has 0 saturated heterocycles. The zero-order chi connectivity index (χ0) is 21.8. The highest BCUT2D eigenvalue weighted by Crippen LogP contribution is 2.28. The smallest absolute Gasteiger partial charge is 0.255 e. The second kappa shape index (κ2) is 9.35. The van der Waals surface area contributed by atoms with Gasteiger partial charge in [-0.1, -0.05) is 42.5 Å². The summed E-state index contributed by atoms with van der Waals surface area (Å²) in [6.07, 6.45) is 4.34. The number of carbonyl (C=O) groups excluding carboxylic acids is 1. The summed E-state index contributed by atoms with van der Waals surface area (Å²) in [7, 11) is 3.77. The van der Waals surface area contributed by atoms with Gasteiger partial charge in [0.1, 0.15) is 11.4 Å². The number of nitrogens with one attached hydrogen (secondary N) is 1. The highest BCUT2D eigenvalue weighted by atomic mass is 16.5. The molecule has 6 nitrogen and oxygen atoms in total. The minimum Gasteiger partial charge on any atom is -0.497 e. The Morgan fingerprint density at radius 2 is 2.00 bits per heavy atom. The molecule has 1 aliphatic rings. The predicted octanol–water partition coefficient (Wildman–Crippen LogP) is 3.82. The van der Waals surface area contributed by atoms with Crippen molar-refractivity contribution in [1.29, 1.82) is 0 Å². The van der Waals surface area contributed by atoms with E-state index in [0.29, 0.717) is 30.4 Å². The molecule has 1 saturated carbocycles. The first-order chi connectivity index (χ1) is 15.0. The molecule has 1 N–H and O–H groups in total. The third-order valence-electron chi connectivity index (χ3n) is 5.91. The van der Waals surface area contributed by atoms with Crippen molar-refractivity contribution in [2.45, 2.75) is 38.4 Å². The standard InChI is InChI=1S/C25H30N4O2/c1-18(28(2)21-12-13-21)15-26-25(30)23-17-29(16-19-8-5-4-6-9-19)27-24(23)20-10-7-11-22(14-20)31-3/h4-11,14,17-18,21H,12-13,15-16H2,1-3H3,(H,26,30). The number of ether oxygens (including phenoxy) is 1. The minimum absolute atomic E-state index is 0.104. The Bertz CT molecular complexity index is 1030. The van der Waals surface area contributed by atoms with Gasteiger partial charge in [0, 0.05) is 30.4 Å². The van der Waals surface area contributed by atoms with Crippen LogP contribution in [0.4, 0.5) is 0 Å². The second-order valence-corrected chi connectivity index (χ2v) is 8.26. The molecule has 1 aliphatic carbocycles. The van der Waals surface area contributed by atoms with Gasteiger partial charge in [-0.05, 0) is 44.5 Å². The Hall–Kier alpha value is -3.12. The van der Waals surface area contributed by atoms with E-state index < -0.39 is 0 Å². The molecule has 0 bridgehead atoms. The maximum atomic E-state index is 13.2. The van der Waals surface area contributed by atoms with E-state index in [9.17, 15) is 4.79 Å². The Balaban J connectivity index is 1.58. The largest absolute Gasteiger partial charge is 0.497 e. The van der Waals surface area contributed by atoms with Gasteiger partial charge in [-0.3, -0.25) is 14.4 Å². The van der Waals surface area contributed by atoms with E-state index in [1.165, 1.54) is 12.8 Å². The van der Waals surface area contributed by atoms with E-state index in [0.717, 1.165) is 16.9 Å². The van der Waals surface area contributed by atoms with Crippen LogP contribution in [0.2, 0.25) is 0 Å². The van der Waals surface area contributed by atoms with E-state index in [1.54, 1.807) is 7.11 Å². The van der Waals surface area contributed by atoms with Crippen LogP contribution >= 0.6 is 0 Å². The molecule has 3 aromatic rings. The summed E-state index contributed by atoms with van der Waals surface area (Å²) in [5.74, 6) is 0.634. The second-order valence-electron chi connectivity index (χ2n) is 8.26. The summed E-state index contributed by atoms with van der Waals surface area (Å²) in [4.78, 5) is 15.5. The number of hydrogen-bond acceptors (Lipinski definition) is 4. The third-order valence-corrected chi connectivity index (χ3v) is 5.91. The zero-order valence-electron chi connectivity index (χ0n) is 18.4. The van der Waals surface area contributed by atoms with Crippen molar-refractivity contribution in [3.05, 3.63) is 71.9 Å². The molecule has 1 unspecified atom stereocenters. The van der Waals surface area contributed by atoms with Crippen LogP contribution < -0.4 is 10.1 Å². The first-order valence-electron chi connectivity index (χ1n) is 10.8. The lowest BCUT2D eigenvalue weighted by molar-refractivity contribution is 0.0940. The molecule has 2 aromatic carbocycles. The first-order valence-corrected chi connectivity index (χ1v) is 10.8. The molecule has 1 aromatic heterocycles. The Kier molecular flexibility index (Phi) is 6.37. The lowest BCUT2D eigenvalue weighted by Crippen LogP contribution is -2.41. The van der Waals surface area contributed by atoms with Crippen molar-refractivity contribution in [3.63, 3.8) is 0 Å². The quantitative estimate of drug-likeness (QED) is 0.574. The van der Waals surface area contributed by atoms with Crippen molar-refractivity contribution in [3.8, 4) is 17.0 Å². The van der Waals surface area contributed by atoms with Crippen LogP contribution in [0.1, 0.15) is 35.7 Å². The van der Waals surface area contributed by atoms with Crippen LogP contribution in [-0.2, 0) is 6.54 Å². The molecule has 162 valence electrons. The van der Waals surface area contributed by atoms with Crippen molar-refractivity contribution in [2.75, 3.05) is 20.7 Å². The molecular formula is C25H30N4O2. The lowest BCUT2D eigenvalue weighted by Gasteiger charge is -2.24. The number of aromatic nitrogens is 2. The summed E-state index contributed by atoms with van der Waals surface area (Å²) in [5, 5.41) is 7.88. The van der Waals surface area contributed by atoms with Gasteiger partial charge in [-0.15, -0.1) is 0 Å². The van der Waals surface area contributed by atoms with Crippen LogP contribution in [0.5, 0.6) is 5.75 Å². The average molecular weight is 419 g/mol. The molecule has 0 radical (unpaired) electrons. The monoisotopic (exact) mass is 418 g/mol. The Morgan fingerprint density at radius 3 is 2.71 bits per heavy atom. The molecule has 0 aliphatic heterocycles. The number of amides is 1. The molecular weight excluding hydrogens is 388 g/mol. The van der Waals surface area contributed by atoms with Crippen LogP contribution in [0, 0.1) is 0 Å². The van der Waals surface area contributed by atoms with Gasteiger partial charge in [-0.25, -0.2) is 0 Å². The zero-order valence-corrected chi connectivity index (χ0v) is 18.4. The third kappa shape index (κ3) is 5.14. The van der Waals surface area contributed by atoms with Crippen molar-refractivity contribution in [1.82, 2.24) is 20.0 Å². The number of benzene rings is 2. The van der Waals surface area contributed by atoms with Crippen molar-refractivity contribution >= 4 is 5.91 Å². The average Bonchev–Trinajstić information content (AvgIpc) is 3.57. The number of methoxy groups -OCH3 is 1. The molecule has 1 heterocycles. The van der Waals surface area contributed by atoms with E-state index in [-0.39, 0.29) is 11.9 Å². The summed E-state index contributed by atoms with van der Waals surface area (Å²) in [6, 6.07) is 18.7.